The molecule has 5 nitrogen and oxygen atoms in total. The van der Waals surface area contributed by atoms with Gasteiger partial charge in [-0.15, -0.1) is 11.3 Å². The number of aromatic nitrogens is 5. The van der Waals surface area contributed by atoms with Crippen molar-refractivity contribution in [1.82, 2.24) is 24.9 Å². The summed E-state index contributed by atoms with van der Waals surface area (Å²) < 4.78 is 2.30. The zero-order valence-corrected chi connectivity index (χ0v) is 23.7. The summed E-state index contributed by atoms with van der Waals surface area (Å²) in [5.74, 6) is 2.58. The lowest BCUT2D eigenvalue weighted by Gasteiger charge is -2.09. The Morgan fingerprint density at radius 3 is 1.30 bits per heavy atom. The van der Waals surface area contributed by atoms with E-state index in [0.717, 1.165) is 49.1 Å². The van der Waals surface area contributed by atoms with E-state index in [4.69, 9.17) is 24.9 Å². The molecule has 0 radical (unpaired) electrons. The number of benzene rings is 5. The Balaban J connectivity index is 1.25. The summed E-state index contributed by atoms with van der Waals surface area (Å²) in [6.07, 6.45) is 0. The Morgan fingerprint density at radius 2 is 0.767 bits per heavy atom. The molecule has 8 aromatic rings. The summed E-state index contributed by atoms with van der Waals surface area (Å²) >= 11 is 1.74. The molecule has 0 bridgehead atoms. The van der Waals surface area contributed by atoms with E-state index in [2.05, 4.69) is 36.4 Å². The molecule has 5 aromatic carbocycles. The van der Waals surface area contributed by atoms with E-state index in [0.29, 0.717) is 23.3 Å². The number of hydrogen-bond donors (Lipinski definition) is 0. The fraction of sp³-hybridized carbons (Fsp3) is 0. The predicted molar refractivity (Wildman–Crippen MR) is 175 cm³/mol. The third-order valence-corrected chi connectivity index (χ3v) is 8.53. The normalized spacial score (nSPS) is 11.3. The monoisotopic (exact) mass is 569 g/mol. The summed E-state index contributed by atoms with van der Waals surface area (Å²) in [4.78, 5) is 24.7. The number of rotatable bonds is 5. The van der Waals surface area contributed by atoms with Crippen molar-refractivity contribution in [3.63, 3.8) is 0 Å². The second kappa shape index (κ2) is 10.7. The highest BCUT2D eigenvalue weighted by atomic mass is 32.1. The summed E-state index contributed by atoms with van der Waals surface area (Å²) in [5, 5.41) is 1.15. The van der Waals surface area contributed by atoms with Crippen molar-refractivity contribution in [1.29, 1.82) is 0 Å². The summed E-state index contributed by atoms with van der Waals surface area (Å²) in [5.41, 5.74) is 6.71. The van der Waals surface area contributed by atoms with Gasteiger partial charge in [-0.1, -0.05) is 133 Å². The third kappa shape index (κ3) is 4.74. The van der Waals surface area contributed by atoms with Gasteiger partial charge in [0, 0.05) is 37.9 Å². The first-order valence-corrected chi connectivity index (χ1v) is 14.8. The van der Waals surface area contributed by atoms with Gasteiger partial charge >= 0.3 is 0 Å². The number of nitrogens with zero attached hydrogens (tertiary/aromatic N) is 5. The van der Waals surface area contributed by atoms with Crippen molar-refractivity contribution in [3.05, 3.63) is 140 Å². The molecule has 0 aliphatic heterocycles. The van der Waals surface area contributed by atoms with E-state index in [1.165, 1.54) is 4.70 Å². The van der Waals surface area contributed by atoms with Gasteiger partial charge in [0.25, 0.3) is 0 Å². The van der Waals surface area contributed by atoms with Gasteiger partial charge in [0.15, 0.2) is 23.3 Å². The zero-order valence-electron chi connectivity index (χ0n) is 22.9. The Kier molecular flexibility index (Phi) is 6.24. The molecule has 0 atom stereocenters. The van der Waals surface area contributed by atoms with Crippen molar-refractivity contribution in [2.75, 3.05) is 0 Å². The van der Waals surface area contributed by atoms with Crippen molar-refractivity contribution >= 4 is 31.6 Å². The lowest BCUT2D eigenvalue weighted by atomic mass is 10.1. The van der Waals surface area contributed by atoms with Crippen LogP contribution in [-0.4, -0.2) is 24.9 Å². The summed E-state index contributed by atoms with van der Waals surface area (Å²) in [6, 6.07) is 46.9. The minimum Gasteiger partial charge on any atom is -0.226 e. The minimum absolute atomic E-state index is 0.615. The van der Waals surface area contributed by atoms with Crippen molar-refractivity contribution in [2.24, 2.45) is 0 Å². The lowest BCUT2D eigenvalue weighted by Crippen LogP contribution is -2.00. The molecule has 0 aliphatic carbocycles. The highest BCUT2D eigenvalue weighted by Crippen LogP contribution is 2.39. The number of thiophene rings is 1. The molecule has 0 saturated heterocycles. The number of hydrogen-bond acceptors (Lipinski definition) is 6. The first-order valence-electron chi connectivity index (χ1n) is 14.0. The van der Waals surface area contributed by atoms with Crippen molar-refractivity contribution in [3.8, 4) is 56.8 Å². The maximum atomic E-state index is 5.10. The van der Waals surface area contributed by atoms with Crippen LogP contribution in [-0.2, 0) is 0 Å². The highest BCUT2D eigenvalue weighted by molar-refractivity contribution is 7.26. The molecule has 0 spiro atoms. The van der Waals surface area contributed by atoms with Crippen LogP contribution in [0.1, 0.15) is 0 Å². The molecule has 0 aliphatic rings. The van der Waals surface area contributed by atoms with Crippen LogP contribution in [0.3, 0.4) is 0 Å². The molecular formula is C37H23N5S. The van der Waals surface area contributed by atoms with Gasteiger partial charge in [-0.25, -0.2) is 24.9 Å². The first kappa shape index (κ1) is 25.1. The van der Waals surface area contributed by atoms with Crippen LogP contribution in [0.25, 0.3) is 77.1 Å². The van der Waals surface area contributed by atoms with Crippen LogP contribution in [0.15, 0.2) is 140 Å². The molecule has 0 unspecified atom stereocenters. The Labute approximate surface area is 252 Å². The van der Waals surface area contributed by atoms with Crippen LogP contribution in [0.2, 0.25) is 0 Å². The van der Waals surface area contributed by atoms with Gasteiger partial charge in [0.2, 0.25) is 0 Å². The maximum Gasteiger partial charge on any atom is 0.164 e. The topological polar surface area (TPSA) is 64.5 Å². The SMILES string of the molecule is c1ccc(-c2nc(-c3ccccc3)nc(-c3ccc(-c4nc(-c5ccccc5)c5sc6ccccc6c5n4)cc3)n2)cc1. The minimum atomic E-state index is 0.615. The quantitative estimate of drug-likeness (QED) is 0.207. The van der Waals surface area contributed by atoms with E-state index in [1.54, 1.807) is 11.3 Å². The molecule has 0 fully saturated rings. The third-order valence-electron chi connectivity index (χ3n) is 7.37. The lowest BCUT2D eigenvalue weighted by molar-refractivity contribution is 1.07. The molecule has 8 rings (SSSR count). The van der Waals surface area contributed by atoms with Crippen LogP contribution in [0.4, 0.5) is 0 Å². The van der Waals surface area contributed by atoms with E-state index >= 15 is 0 Å². The zero-order chi connectivity index (χ0) is 28.6. The summed E-state index contributed by atoms with van der Waals surface area (Å²) in [7, 11) is 0. The van der Waals surface area contributed by atoms with E-state index in [1.807, 2.05) is 103 Å². The molecule has 0 N–H and O–H groups in total. The van der Waals surface area contributed by atoms with Gasteiger partial charge < -0.3 is 0 Å². The fourth-order valence-corrected chi connectivity index (χ4v) is 6.37. The Hall–Kier alpha value is -5.59. The smallest absolute Gasteiger partial charge is 0.164 e. The maximum absolute atomic E-state index is 5.10. The highest BCUT2D eigenvalue weighted by Gasteiger charge is 2.17. The van der Waals surface area contributed by atoms with Crippen LogP contribution in [0, 0.1) is 0 Å². The van der Waals surface area contributed by atoms with Crippen molar-refractivity contribution < 1.29 is 0 Å². The van der Waals surface area contributed by atoms with E-state index in [9.17, 15) is 0 Å². The molecule has 3 aromatic heterocycles. The molecule has 43 heavy (non-hydrogen) atoms. The van der Waals surface area contributed by atoms with Gasteiger partial charge in [-0.2, -0.15) is 0 Å². The van der Waals surface area contributed by atoms with Crippen LogP contribution >= 0.6 is 11.3 Å². The Bertz CT molecular complexity index is 2150. The van der Waals surface area contributed by atoms with Crippen LogP contribution < -0.4 is 0 Å². The largest absolute Gasteiger partial charge is 0.226 e. The second-order valence-corrected chi connectivity index (χ2v) is 11.2. The standard InChI is InChI=1S/C37H23N5S/c1-4-12-24(13-5-1)31-33-32(29-18-10-11-19-30(29)43-33)39-34(38-31)27-20-22-28(23-21-27)37-41-35(25-14-6-2-7-15-25)40-36(42-37)26-16-8-3-9-17-26/h1-23H. The molecule has 6 heteroatoms. The second-order valence-electron chi connectivity index (χ2n) is 10.2. The molecule has 202 valence electrons. The average Bonchev–Trinajstić information content (AvgIpc) is 3.48. The van der Waals surface area contributed by atoms with E-state index in [-0.39, 0.29) is 0 Å². The Morgan fingerprint density at radius 1 is 0.349 bits per heavy atom. The molecular weight excluding hydrogens is 547 g/mol. The average molecular weight is 570 g/mol. The van der Waals surface area contributed by atoms with Gasteiger partial charge in [-0.3, -0.25) is 0 Å². The van der Waals surface area contributed by atoms with Crippen LogP contribution in [0.5, 0.6) is 0 Å². The fourth-order valence-electron chi connectivity index (χ4n) is 5.22. The molecule has 3 heterocycles. The van der Waals surface area contributed by atoms with Gasteiger partial charge in [-0.05, 0) is 6.07 Å². The summed E-state index contributed by atoms with van der Waals surface area (Å²) in [6.45, 7) is 0. The van der Waals surface area contributed by atoms with Crippen molar-refractivity contribution in [2.45, 2.75) is 0 Å². The first-order chi connectivity index (χ1) is 21.3. The van der Waals surface area contributed by atoms with Gasteiger partial charge in [0.05, 0.1) is 15.9 Å². The molecule has 0 saturated carbocycles. The number of fused-ring (bicyclic) bond motifs is 3. The predicted octanol–water partition coefficient (Wildman–Crippen LogP) is 9.36. The molecule has 0 amide bonds. The van der Waals surface area contributed by atoms with Gasteiger partial charge in [0.1, 0.15) is 0 Å². The van der Waals surface area contributed by atoms with E-state index < -0.39 is 0 Å².